The van der Waals surface area contributed by atoms with Crippen LogP contribution in [0.15, 0.2) is 42.6 Å². The number of halogens is 3. The molecule has 1 aliphatic heterocycles. The molecule has 6 heteroatoms. The molecular weight excluding hydrogens is 377 g/mol. The van der Waals surface area contributed by atoms with Crippen molar-refractivity contribution in [1.29, 1.82) is 0 Å². The summed E-state index contributed by atoms with van der Waals surface area (Å²) in [5.74, 6) is -1.07. The predicted octanol–water partition coefficient (Wildman–Crippen LogP) is 5.27. The van der Waals surface area contributed by atoms with Gasteiger partial charge in [0.1, 0.15) is 11.6 Å². The van der Waals surface area contributed by atoms with Crippen LogP contribution >= 0.6 is 0 Å². The molecule has 1 saturated carbocycles. The molecule has 3 aromatic rings. The Bertz CT molecular complexity index is 1050. The van der Waals surface area contributed by atoms with Gasteiger partial charge in [0.25, 0.3) is 0 Å². The Morgan fingerprint density at radius 3 is 2.86 bits per heavy atom. The first-order chi connectivity index (χ1) is 14.0. The van der Waals surface area contributed by atoms with E-state index in [0.29, 0.717) is 18.3 Å². The van der Waals surface area contributed by atoms with Crippen molar-refractivity contribution in [2.24, 2.45) is 11.3 Å². The zero-order chi connectivity index (χ0) is 20.0. The maximum Gasteiger partial charge on any atom is 0.162 e. The summed E-state index contributed by atoms with van der Waals surface area (Å²) in [6.45, 7) is 3.22. The lowest BCUT2D eigenvalue weighted by atomic mass is 9.81. The van der Waals surface area contributed by atoms with Gasteiger partial charge < -0.3 is 9.72 Å². The molecule has 2 aromatic carbocycles. The second-order valence-corrected chi connectivity index (χ2v) is 8.49. The van der Waals surface area contributed by atoms with Gasteiger partial charge in [0.15, 0.2) is 11.6 Å². The first kappa shape index (κ1) is 18.6. The molecule has 0 radical (unpaired) electrons. The topological polar surface area (TPSA) is 28.3 Å². The highest BCUT2D eigenvalue weighted by molar-refractivity contribution is 5.83. The summed E-state index contributed by atoms with van der Waals surface area (Å²) in [4.78, 5) is 5.60. The van der Waals surface area contributed by atoms with Crippen molar-refractivity contribution in [3.05, 3.63) is 65.6 Å². The molecule has 0 bridgehead atoms. The average molecular weight is 400 g/mol. The molecule has 0 amide bonds. The third-order valence-corrected chi connectivity index (χ3v) is 6.65. The average Bonchev–Trinajstić information content (AvgIpc) is 3.35. The number of hydrogen-bond donors (Lipinski definition) is 1. The number of aromatic amines is 1. The number of fused-ring (bicyclic) bond motifs is 2. The minimum Gasteiger partial charge on any atom is -0.493 e. The molecule has 2 heterocycles. The summed E-state index contributed by atoms with van der Waals surface area (Å²) in [7, 11) is 0. The van der Waals surface area contributed by atoms with Crippen LogP contribution in [0.2, 0.25) is 0 Å². The molecule has 0 spiro atoms. The smallest absolute Gasteiger partial charge is 0.162 e. The van der Waals surface area contributed by atoms with Crippen molar-refractivity contribution in [3.63, 3.8) is 0 Å². The van der Waals surface area contributed by atoms with Crippen LogP contribution < -0.4 is 4.74 Å². The van der Waals surface area contributed by atoms with E-state index in [2.05, 4.69) is 9.88 Å². The van der Waals surface area contributed by atoms with Crippen LogP contribution in [0.5, 0.6) is 5.75 Å². The minimum atomic E-state index is -0.883. The van der Waals surface area contributed by atoms with Crippen LogP contribution in [0.4, 0.5) is 13.2 Å². The van der Waals surface area contributed by atoms with E-state index in [1.54, 1.807) is 0 Å². The maximum atomic E-state index is 13.5. The van der Waals surface area contributed by atoms with Crippen molar-refractivity contribution in [2.75, 3.05) is 19.7 Å². The van der Waals surface area contributed by atoms with E-state index in [9.17, 15) is 13.2 Å². The SMILES string of the molecule is Fc1ccc2c(CN3CC4CCCC4(COc4ccc(F)c(F)c4)C3)c[nH]c2c1. The van der Waals surface area contributed by atoms with E-state index in [0.717, 1.165) is 61.1 Å². The maximum absolute atomic E-state index is 13.5. The Morgan fingerprint density at radius 2 is 2.00 bits per heavy atom. The van der Waals surface area contributed by atoms with Crippen LogP contribution in [-0.4, -0.2) is 29.6 Å². The van der Waals surface area contributed by atoms with Crippen molar-refractivity contribution in [1.82, 2.24) is 9.88 Å². The quantitative estimate of drug-likeness (QED) is 0.632. The third-order valence-electron chi connectivity index (χ3n) is 6.65. The van der Waals surface area contributed by atoms with Gasteiger partial charge in [-0.15, -0.1) is 0 Å². The van der Waals surface area contributed by atoms with Gasteiger partial charge in [-0.25, -0.2) is 13.2 Å². The van der Waals surface area contributed by atoms with Crippen LogP contribution in [0.3, 0.4) is 0 Å². The number of H-pyrrole nitrogens is 1. The Hall–Kier alpha value is -2.47. The Kier molecular flexibility index (Phi) is 4.54. The molecule has 2 unspecified atom stereocenters. The molecule has 1 aromatic heterocycles. The normalized spacial score (nSPS) is 24.3. The standard InChI is InChI=1S/C23H23F3N2O/c24-17-3-5-19-15(10-27-22(19)8-17)11-28-12-16-2-1-7-23(16,13-28)14-29-18-4-6-20(25)21(26)9-18/h3-6,8-10,16,27H,1-2,7,11-14H2. The highest BCUT2D eigenvalue weighted by Crippen LogP contribution is 2.49. The summed E-state index contributed by atoms with van der Waals surface area (Å²) in [5.41, 5.74) is 2.02. The molecular formula is C23H23F3N2O. The fourth-order valence-corrected chi connectivity index (χ4v) is 5.21. The molecule has 5 rings (SSSR count). The van der Waals surface area contributed by atoms with E-state index in [1.165, 1.54) is 24.6 Å². The number of hydrogen-bond acceptors (Lipinski definition) is 2. The summed E-state index contributed by atoms with van der Waals surface area (Å²) < 4.78 is 46.0. The van der Waals surface area contributed by atoms with Gasteiger partial charge in [-0.05, 0) is 54.7 Å². The van der Waals surface area contributed by atoms with Gasteiger partial charge in [-0.1, -0.05) is 6.42 Å². The number of aromatic nitrogens is 1. The number of nitrogens with zero attached hydrogens (tertiary/aromatic N) is 1. The first-order valence-corrected chi connectivity index (χ1v) is 10.1. The Morgan fingerprint density at radius 1 is 1.10 bits per heavy atom. The lowest BCUT2D eigenvalue weighted by Crippen LogP contribution is -2.33. The van der Waals surface area contributed by atoms with Gasteiger partial charge in [-0.3, -0.25) is 4.90 Å². The van der Waals surface area contributed by atoms with E-state index < -0.39 is 11.6 Å². The number of likely N-dealkylation sites (tertiary alicyclic amines) is 1. The number of benzene rings is 2. The van der Waals surface area contributed by atoms with Crippen LogP contribution in [-0.2, 0) is 6.54 Å². The van der Waals surface area contributed by atoms with E-state index in [4.69, 9.17) is 4.74 Å². The summed E-state index contributed by atoms with van der Waals surface area (Å²) in [6, 6.07) is 8.55. The van der Waals surface area contributed by atoms with Crippen LogP contribution in [0.25, 0.3) is 10.9 Å². The van der Waals surface area contributed by atoms with Gasteiger partial charge in [0, 0.05) is 48.2 Å². The van der Waals surface area contributed by atoms with Crippen molar-refractivity contribution in [2.45, 2.75) is 25.8 Å². The minimum absolute atomic E-state index is 0.0447. The third kappa shape index (κ3) is 3.39. The van der Waals surface area contributed by atoms with Crippen molar-refractivity contribution in [3.8, 4) is 5.75 Å². The second-order valence-electron chi connectivity index (χ2n) is 8.49. The highest BCUT2D eigenvalue weighted by Gasteiger charge is 2.49. The molecule has 2 atom stereocenters. The molecule has 1 saturated heterocycles. The van der Waals surface area contributed by atoms with Gasteiger partial charge >= 0.3 is 0 Å². The van der Waals surface area contributed by atoms with Gasteiger partial charge in [0.2, 0.25) is 0 Å². The number of nitrogens with one attached hydrogen (secondary N) is 1. The molecule has 29 heavy (non-hydrogen) atoms. The fourth-order valence-electron chi connectivity index (χ4n) is 5.21. The monoisotopic (exact) mass is 400 g/mol. The predicted molar refractivity (Wildman–Crippen MR) is 105 cm³/mol. The largest absolute Gasteiger partial charge is 0.493 e. The lowest BCUT2D eigenvalue weighted by molar-refractivity contribution is 0.127. The molecule has 1 N–H and O–H groups in total. The molecule has 1 aliphatic carbocycles. The van der Waals surface area contributed by atoms with Gasteiger partial charge in [-0.2, -0.15) is 0 Å². The van der Waals surface area contributed by atoms with Crippen molar-refractivity contribution < 1.29 is 17.9 Å². The molecule has 3 nitrogen and oxygen atoms in total. The van der Waals surface area contributed by atoms with Gasteiger partial charge in [0.05, 0.1) is 6.61 Å². The second kappa shape index (κ2) is 7.10. The van der Waals surface area contributed by atoms with E-state index in [-0.39, 0.29) is 11.2 Å². The molecule has 152 valence electrons. The van der Waals surface area contributed by atoms with Crippen LogP contribution in [0.1, 0.15) is 24.8 Å². The highest BCUT2D eigenvalue weighted by atomic mass is 19.2. The number of ether oxygens (including phenoxy) is 1. The van der Waals surface area contributed by atoms with E-state index in [1.807, 2.05) is 12.3 Å². The molecule has 2 fully saturated rings. The Balaban J connectivity index is 1.30. The van der Waals surface area contributed by atoms with Crippen LogP contribution in [0, 0.1) is 28.8 Å². The zero-order valence-corrected chi connectivity index (χ0v) is 16.1. The molecule has 2 aliphatic rings. The Labute approximate surface area is 167 Å². The summed E-state index contributed by atoms with van der Waals surface area (Å²) >= 11 is 0. The zero-order valence-electron chi connectivity index (χ0n) is 16.1. The first-order valence-electron chi connectivity index (χ1n) is 10.1. The van der Waals surface area contributed by atoms with E-state index >= 15 is 0 Å². The summed E-state index contributed by atoms with van der Waals surface area (Å²) in [6.07, 6.45) is 5.38. The fraction of sp³-hybridized carbons (Fsp3) is 0.391. The van der Waals surface area contributed by atoms with Crippen molar-refractivity contribution >= 4 is 10.9 Å². The number of rotatable bonds is 5. The summed E-state index contributed by atoms with van der Waals surface area (Å²) in [5, 5.41) is 1.05. The lowest BCUT2D eigenvalue weighted by Gasteiger charge is -2.29.